The summed E-state index contributed by atoms with van der Waals surface area (Å²) in [5, 5.41) is 9.08. The number of nitrogens with zero attached hydrogens (tertiary/aromatic N) is 1. The van der Waals surface area contributed by atoms with Crippen LogP contribution in [0.4, 0.5) is 0 Å². The first kappa shape index (κ1) is 14.2. The van der Waals surface area contributed by atoms with E-state index in [1.807, 2.05) is 0 Å². The number of hydrogen-bond donors (Lipinski definition) is 1. The number of rotatable bonds is 6. The first-order chi connectivity index (χ1) is 8.63. The monoisotopic (exact) mass is 277 g/mol. The molecule has 1 saturated heterocycles. The van der Waals surface area contributed by atoms with Crippen LogP contribution >= 0.6 is 0 Å². The first-order valence-electron chi connectivity index (χ1n) is 6.85. The number of aliphatic hydroxyl groups is 1. The number of ether oxygens (including phenoxy) is 1. The minimum atomic E-state index is -3.30. The number of sulfonamides is 1. The van der Waals surface area contributed by atoms with Crippen molar-refractivity contribution >= 4 is 10.0 Å². The molecular weight excluding hydrogens is 254 g/mol. The zero-order valence-corrected chi connectivity index (χ0v) is 11.6. The van der Waals surface area contributed by atoms with E-state index in [2.05, 4.69) is 0 Å². The Morgan fingerprint density at radius 3 is 2.44 bits per heavy atom. The van der Waals surface area contributed by atoms with Gasteiger partial charge in [-0.05, 0) is 25.7 Å². The van der Waals surface area contributed by atoms with E-state index in [-0.39, 0.29) is 31.1 Å². The van der Waals surface area contributed by atoms with Crippen molar-refractivity contribution in [2.75, 3.05) is 25.5 Å². The standard InChI is InChI=1S/C12H23NO4S/c14-8-7-13(11-4-1-2-5-11)18(15,16)10-12-6-3-9-17-12/h11-12,14H,1-10H2. The maximum atomic E-state index is 12.4. The van der Waals surface area contributed by atoms with Gasteiger partial charge in [-0.3, -0.25) is 0 Å². The second-order valence-corrected chi connectivity index (χ2v) is 7.15. The Labute approximate surface area is 109 Å². The fourth-order valence-electron chi connectivity index (χ4n) is 2.95. The van der Waals surface area contributed by atoms with Crippen LogP contribution in [0.3, 0.4) is 0 Å². The molecule has 2 fully saturated rings. The number of aliphatic hydroxyl groups excluding tert-OH is 1. The van der Waals surface area contributed by atoms with Crippen LogP contribution in [0, 0.1) is 0 Å². The summed E-state index contributed by atoms with van der Waals surface area (Å²) in [6, 6.07) is 0.0866. The minimum Gasteiger partial charge on any atom is -0.395 e. The molecule has 2 aliphatic rings. The summed E-state index contributed by atoms with van der Waals surface area (Å²) in [5.74, 6) is 0.0729. The molecule has 18 heavy (non-hydrogen) atoms. The van der Waals surface area contributed by atoms with Gasteiger partial charge in [-0.1, -0.05) is 12.8 Å². The summed E-state index contributed by atoms with van der Waals surface area (Å²) in [4.78, 5) is 0. The summed E-state index contributed by atoms with van der Waals surface area (Å²) in [6.45, 7) is 0.782. The van der Waals surface area contributed by atoms with Crippen LogP contribution in [-0.4, -0.2) is 55.5 Å². The van der Waals surface area contributed by atoms with Crippen molar-refractivity contribution < 1.29 is 18.3 Å². The van der Waals surface area contributed by atoms with Crippen LogP contribution in [0.1, 0.15) is 38.5 Å². The summed E-state index contributed by atoms with van der Waals surface area (Å²) in [7, 11) is -3.30. The molecule has 1 N–H and O–H groups in total. The Balaban J connectivity index is 2.02. The van der Waals surface area contributed by atoms with E-state index in [0.717, 1.165) is 38.5 Å². The Kier molecular flexibility index (Phi) is 5.00. The van der Waals surface area contributed by atoms with Crippen LogP contribution in [0.15, 0.2) is 0 Å². The molecule has 5 nitrogen and oxygen atoms in total. The highest BCUT2D eigenvalue weighted by molar-refractivity contribution is 7.89. The van der Waals surface area contributed by atoms with Gasteiger partial charge in [0.1, 0.15) is 0 Å². The SMILES string of the molecule is O=S(=O)(CC1CCCO1)N(CCO)C1CCCC1. The van der Waals surface area contributed by atoms with Crippen LogP contribution < -0.4 is 0 Å². The minimum absolute atomic E-state index is 0.0729. The van der Waals surface area contributed by atoms with Crippen LogP contribution in [0.5, 0.6) is 0 Å². The molecule has 0 aromatic heterocycles. The molecule has 1 aliphatic heterocycles. The van der Waals surface area contributed by atoms with Crippen molar-refractivity contribution in [2.45, 2.75) is 50.7 Å². The highest BCUT2D eigenvalue weighted by Gasteiger charge is 2.34. The predicted molar refractivity (Wildman–Crippen MR) is 68.8 cm³/mol. The van der Waals surface area contributed by atoms with Gasteiger partial charge in [0.05, 0.1) is 18.5 Å². The first-order valence-corrected chi connectivity index (χ1v) is 8.46. The maximum absolute atomic E-state index is 12.4. The van der Waals surface area contributed by atoms with E-state index in [0.29, 0.717) is 6.61 Å². The van der Waals surface area contributed by atoms with Gasteiger partial charge in [-0.25, -0.2) is 8.42 Å². The Morgan fingerprint density at radius 2 is 1.89 bits per heavy atom. The zero-order valence-electron chi connectivity index (χ0n) is 10.8. The molecule has 2 rings (SSSR count). The van der Waals surface area contributed by atoms with E-state index in [1.54, 1.807) is 0 Å². The third-order valence-corrected chi connectivity index (χ3v) is 5.82. The molecule has 1 atom stereocenters. The van der Waals surface area contributed by atoms with Gasteiger partial charge in [-0.2, -0.15) is 4.31 Å². The molecule has 0 aromatic rings. The predicted octanol–water partition coefficient (Wildman–Crippen LogP) is 0.732. The van der Waals surface area contributed by atoms with Gasteiger partial charge in [0.2, 0.25) is 10.0 Å². The fraction of sp³-hybridized carbons (Fsp3) is 1.00. The van der Waals surface area contributed by atoms with Crippen molar-refractivity contribution in [2.24, 2.45) is 0 Å². The molecule has 0 spiro atoms. The molecule has 1 aliphatic carbocycles. The lowest BCUT2D eigenvalue weighted by Crippen LogP contribution is -2.43. The van der Waals surface area contributed by atoms with E-state index >= 15 is 0 Å². The highest BCUT2D eigenvalue weighted by Crippen LogP contribution is 2.26. The van der Waals surface area contributed by atoms with Gasteiger partial charge < -0.3 is 9.84 Å². The lowest BCUT2D eigenvalue weighted by atomic mass is 10.2. The van der Waals surface area contributed by atoms with E-state index < -0.39 is 10.0 Å². The summed E-state index contributed by atoms with van der Waals surface area (Å²) >= 11 is 0. The van der Waals surface area contributed by atoms with E-state index in [9.17, 15) is 8.42 Å². The summed E-state index contributed by atoms with van der Waals surface area (Å²) in [6.07, 6.45) is 5.64. The molecular formula is C12H23NO4S. The lowest BCUT2D eigenvalue weighted by molar-refractivity contribution is 0.125. The smallest absolute Gasteiger partial charge is 0.216 e. The molecule has 0 radical (unpaired) electrons. The molecule has 0 bridgehead atoms. The van der Waals surface area contributed by atoms with Crippen molar-refractivity contribution in [3.63, 3.8) is 0 Å². The fourth-order valence-corrected chi connectivity index (χ4v) is 4.90. The average Bonchev–Trinajstić information content (AvgIpc) is 2.97. The normalized spacial score (nSPS) is 26.2. The maximum Gasteiger partial charge on any atom is 0.216 e. The third-order valence-electron chi connectivity index (χ3n) is 3.83. The van der Waals surface area contributed by atoms with Crippen molar-refractivity contribution in [1.29, 1.82) is 0 Å². The van der Waals surface area contributed by atoms with Gasteiger partial charge in [0.25, 0.3) is 0 Å². The molecule has 0 aromatic carbocycles. The van der Waals surface area contributed by atoms with Crippen LogP contribution in [0.25, 0.3) is 0 Å². The van der Waals surface area contributed by atoms with E-state index in [4.69, 9.17) is 9.84 Å². The van der Waals surface area contributed by atoms with Crippen molar-refractivity contribution in [3.8, 4) is 0 Å². The van der Waals surface area contributed by atoms with Crippen molar-refractivity contribution in [3.05, 3.63) is 0 Å². The van der Waals surface area contributed by atoms with Crippen LogP contribution in [-0.2, 0) is 14.8 Å². The third kappa shape index (κ3) is 3.44. The Bertz CT molecular complexity index is 345. The zero-order chi connectivity index (χ0) is 13.0. The summed E-state index contributed by atoms with van der Waals surface area (Å²) < 4.78 is 31.7. The second kappa shape index (κ2) is 6.32. The quantitative estimate of drug-likeness (QED) is 0.777. The molecule has 1 unspecified atom stereocenters. The lowest BCUT2D eigenvalue weighted by Gasteiger charge is -2.28. The van der Waals surface area contributed by atoms with Gasteiger partial charge >= 0.3 is 0 Å². The largest absolute Gasteiger partial charge is 0.395 e. The average molecular weight is 277 g/mol. The van der Waals surface area contributed by atoms with E-state index in [1.165, 1.54) is 4.31 Å². The molecule has 0 amide bonds. The van der Waals surface area contributed by atoms with Gasteiger partial charge in [0, 0.05) is 19.2 Å². The Morgan fingerprint density at radius 1 is 1.17 bits per heavy atom. The molecule has 106 valence electrons. The van der Waals surface area contributed by atoms with Gasteiger partial charge in [-0.15, -0.1) is 0 Å². The molecule has 6 heteroatoms. The molecule has 1 saturated carbocycles. The molecule has 1 heterocycles. The second-order valence-electron chi connectivity index (χ2n) is 5.19. The topological polar surface area (TPSA) is 66.8 Å². The van der Waals surface area contributed by atoms with Crippen molar-refractivity contribution in [1.82, 2.24) is 4.31 Å². The highest BCUT2D eigenvalue weighted by atomic mass is 32.2. The van der Waals surface area contributed by atoms with Gasteiger partial charge in [0.15, 0.2) is 0 Å². The number of hydrogen-bond acceptors (Lipinski definition) is 4. The van der Waals surface area contributed by atoms with Crippen LogP contribution in [0.2, 0.25) is 0 Å². The summed E-state index contributed by atoms with van der Waals surface area (Å²) in [5.41, 5.74) is 0. The Hall–Kier alpha value is -0.170.